The monoisotopic (exact) mass is 390 g/mol. The number of rotatable bonds is 5. The number of nitro benzene ring substituents is 1. The van der Waals surface area contributed by atoms with Crippen LogP contribution in [0.4, 0.5) is 17.1 Å². The van der Waals surface area contributed by atoms with Gasteiger partial charge in [-0.2, -0.15) is 0 Å². The average molecular weight is 390 g/mol. The topological polar surface area (TPSA) is 110 Å². The SMILES string of the molecule is CS(=O)(=O)c1ccc(N2CCN(Cc3cccc(N)c3)CC2)c([N+](=O)[O-])c1. The van der Waals surface area contributed by atoms with Crippen LogP contribution in [0.2, 0.25) is 0 Å². The van der Waals surface area contributed by atoms with Gasteiger partial charge in [0.2, 0.25) is 0 Å². The third-order valence-electron chi connectivity index (χ3n) is 4.64. The first kappa shape index (κ1) is 19.1. The Morgan fingerprint density at radius 2 is 1.81 bits per heavy atom. The lowest BCUT2D eigenvalue weighted by atomic mass is 10.1. The second kappa shape index (κ2) is 7.53. The first-order chi connectivity index (χ1) is 12.7. The van der Waals surface area contributed by atoms with E-state index in [1.807, 2.05) is 29.2 Å². The molecule has 27 heavy (non-hydrogen) atoms. The molecule has 0 saturated carbocycles. The van der Waals surface area contributed by atoms with Crippen LogP contribution in [0.15, 0.2) is 47.4 Å². The molecule has 1 aliphatic rings. The zero-order valence-corrected chi connectivity index (χ0v) is 15.9. The number of sulfone groups is 1. The fourth-order valence-electron chi connectivity index (χ4n) is 3.24. The van der Waals surface area contributed by atoms with E-state index in [9.17, 15) is 18.5 Å². The van der Waals surface area contributed by atoms with Crippen LogP contribution in [-0.4, -0.2) is 50.7 Å². The van der Waals surface area contributed by atoms with Gasteiger partial charge in [0.25, 0.3) is 5.69 Å². The van der Waals surface area contributed by atoms with Gasteiger partial charge in [-0.15, -0.1) is 0 Å². The van der Waals surface area contributed by atoms with Gasteiger partial charge in [0.1, 0.15) is 5.69 Å². The number of piperazine rings is 1. The number of hydrogen-bond donors (Lipinski definition) is 1. The van der Waals surface area contributed by atoms with Gasteiger partial charge in [-0.1, -0.05) is 12.1 Å². The van der Waals surface area contributed by atoms with E-state index in [0.717, 1.165) is 43.2 Å². The summed E-state index contributed by atoms with van der Waals surface area (Å²) in [4.78, 5) is 15.1. The van der Waals surface area contributed by atoms with Crippen molar-refractivity contribution >= 4 is 26.9 Å². The van der Waals surface area contributed by atoms with Gasteiger partial charge in [-0.3, -0.25) is 15.0 Å². The van der Waals surface area contributed by atoms with Gasteiger partial charge in [-0.25, -0.2) is 8.42 Å². The maximum Gasteiger partial charge on any atom is 0.293 e. The summed E-state index contributed by atoms with van der Waals surface area (Å²) >= 11 is 0. The Bertz CT molecular complexity index is 954. The van der Waals surface area contributed by atoms with Crippen molar-refractivity contribution in [1.82, 2.24) is 4.90 Å². The molecule has 2 aromatic rings. The highest BCUT2D eigenvalue weighted by Gasteiger charge is 2.25. The van der Waals surface area contributed by atoms with Crippen LogP contribution in [0, 0.1) is 10.1 Å². The van der Waals surface area contributed by atoms with E-state index in [1.54, 1.807) is 0 Å². The van der Waals surface area contributed by atoms with Crippen molar-refractivity contribution in [2.45, 2.75) is 11.4 Å². The summed E-state index contributed by atoms with van der Waals surface area (Å²) in [6.07, 6.45) is 1.04. The summed E-state index contributed by atoms with van der Waals surface area (Å²) in [5.41, 5.74) is 7.95. The van der Waals surface area contributed by atoms with Gasteiger partial charge in [-0.05, 0) is 29.8 Å². The Labute approximate surface area is 158 Å². The summed E-state index contributed by atoms with van der Waals surface area (Å²) < 4.78 is 23.4. The lowest BCUT2D eigenvalue weighted by Crippen LogP contribution is -2.46. The predicted molar refractivity (Wildman–Crippen MR) is 105 cm³/mol. The van der Waals surface area contributed by atoms with E-state index in [4.69, 9.17) is 5.73 Å². The molecule has 0 aliphatic carbocycles. The van der Waals surface area contributed by atoms with Gasteiger partial charge >= 0.3 is 0 Å². The molecule has 9 heteroatoms. The van der Waals surface area contributed by atoms with Crippen LogP contribution >= 0.6 is 0 Å². The Hall–Kier alpha value is -2.65. The lowest BCUT2D eigenvalue weighted by molar-refractivity contribution is -0.384. The third kappa shape index (κ3) is 4.55. The number of anilines is 2. The average Bonchev–Trinajstić information content (AvgIpc) is 2.61. The van der Waals surface area contributed by atoms with E-state index in [1.165, 1.54) is 12.1 Å². The van der Waals surface area contributed by atoms with E-state index < -0.39 is 14.8 Å². The van der Waals surface area contributed by atoms with Crippen LogP contribution in [0.3, 0.4) is 0 Å². The highest BCUT2D eigenvalue weighted by molar-refractivity contribution is 7.90. The summed E-state index contributed by atoms with van der Waals surface area (Å²) in [6, 6.07) is 11.8. The fraction of sp³-hybridized carbons (Fsp3) is 0.333. The number of hydrogen-bond acceptors (Lipinski definition) is 7. The Balaban J connectivity index is 1.73. The molecule has 1 fully saturated rings. The molecule has 1 aliphatic heterocycles. The van der Waals surface area contributed by atoms with Crippen molar-refractivity contribution in [3.8, 4) is 0 Å². The Morgan fingerprint density at radius 1 is 1.11 bits per heavy atom. The molecule has 0 spiro atoms. The molecule has 0 unspecified atom stereocenters. The van der Waals surface area contributed by atoms with Crippen molar-refractivity contribution in [2.75, 3.05) is 43.1 Å². The zero-order valence-electron chi connectivity index (χ0n) is 15.0. The predicted octanol–water partition coefficient (Wildman–Crippen LogP) is 1.90. The van der Waals surface area contributed by atoms with Crippen LogP contribution < -0.4 is 10.6 Å². The number of nitro groups is 1. The Kier molecular flexibility index (Phi) is 5.33. The summed E-state index contributed by atoms with van der Waals surface area (Å²) in [6.45, 7) is 3.52. The summed E-state index contributed by atoms with van der Waals surface area (Å²) in [5.74, 6) is 0. The Morgan fingerprint density at radius 3 is 2.41 bits per heavy atom. The highest BCUT2D eigenvalue weighted by Crippen LogP contribution is 2.31. The molecule has 0 aromatic heterocycles. The van der Waals surface area contributed by atoms with Gasteiger partial charge in [0, 0.05) is 50.7 Å². The molecule has 2 aromatic carbocycles. The van der Waals surface area contributed by atoms with E-state index >= 15 is 0 Å². The molecule has 0 amide bonds. The molecule has 0 atom stereocenters. The minimum absolute atomic E-state index is 0.0433. The molecule has 2 N–H and O–H groups in total. The summed E-state index contributed by atoms with van der Waals surface area (Å²) in [7, 11) is -3.49. The lowest BCUT2D eigenvalue weighted by Gasteiger charge is -2.35. The molecule has 1 saturated heterocycles. The molecule has 1 heterocycles. The zero-order chi connectivity index (χ0) is 19.6. The van der Waals surface area contributed by atoms with Gasteiger partial charge < -0.3 is 10.6 Å². The number of nitrogens with zero attached hydrogens (tertiary/aromatic N) is 3. The molecule has 8 nitrogen and oxygen atoms in total. The van der Waals surface area contributed by atoms with Crippen LogP contribution in [-0.2, 0) is 16.4 Å². The largest absolute Gasteiger partial charge is 0.399 e. The van der Waals surface area contributed by atoms with Crippen molar-refractivity contribution < 1.29 is 13.3 Å². The van der Waals surface area contributed by atoms with Crippen LogP contribution in [0.25, 0.3) is 0 Å². The normalized spacial score (nSPS) is 15.7. The van der Waals surface area contributed by atoms with Crippen LogP contribution in [0.1, 0.15) is 5.56 Å². The van der Waals surface area contributed by atoms with Crippen molar-refractivity contribution in [1.29, 1.82) is 0 Å². The van der Waals surface area contributed by atoms with Gasteiger partial charge in [0.05, 0.1) is 9.82 Å². The molecule has 3 rings (SSSR count). The number of nitrogens with two attached hydrogens (primary N) is 1. The maximum absolute atomic E-state index is 11.7. The molecular weight excluding hydrogens is 368 g/mol. The van der Waals surface area contributed by atoms with Crippen LogP contribution in [0.5, 0.6) is 0 Å². The summed E-state index contributed by atoms with van der Waals surface area (Å²) in [5, 5.41) is 11.4. The maximum atomic E-state index is 11.7. The third-order valence-corrected chi connectivity index (χ3v) is 5.75. The van der Waals surface area contributed by atoms with Crippen molar-refractivity contribution in [3.63, 3.8) is 0 Å². The van der Waals surface area contributed by atoms with E-state index in [2.05, 4.69) is 4.90 Å². The fourth-order valence-corrected chi connectivity index (χ4v) is 3.89. The van der Waals surface area contributed by atoms with Gasteiger partial charge in [0.15, 0.2) is 9.84 Å². The van der Waals surface area contributed by atoms with E-state index in [-0.39, 0.29) is 10.6 Å². The second-order valence-electron chi connectivity index (χ2n) is 6.69. The minimum atomic E-state index is -3.49. The smallest absolute Gasteiger partial charge is 0.293 e. The molecule has 144 valence electrons. The molecule has 0 bridgehead atoms. The number of benzene rings is 2. The first-order valence-corrected chi connectivity index (χ1v) is 10.4. The van der Waals surface area contributed by atoms with E-state index in [0.29, 0.717) is 18.8 Å². The minimum Gasteiger partial charge on any atom is -0.399 e. The first-order valence-electron chi connectivity index (χ1n) is 8.54. The van der Waals surface area contributed by atoms with Crippen molar-refractivity contribution in [2.24, 2.45) is 0 Å². The molecule has 0 radical (unpaired) electrons. The molecular formula is C18H22N4O4S. The van der Waals surface area contributed by atoms with Crippen molar-refractivity contribution in [3.05, 3.63) is 58.1 Å². The standard InChI is InChI=1S/C18H22N4O4S/c1-27(25,26)16-5-6-17(18(12-16)22(23)24)21-9-7-20(8-10-21)13-14-3-2-4-15(19)11-14/h2-6,11-12H,7-10,13,19H2,1H3. The highest BCUT2D eigenvalue weighted by atomic mass is 32.2. The second-order valence-corrected chi connectivity index (χ2v) is 8.70. The number of nitrogen functional groups attached to an aromatic ring is 1. The quantitative estimate of drug-likeness (QED) is 0.472.